The number of carboxylic acid groups (broad SMARTS) is 1. The summed E-state index contributed by atoms with van der Waals surface area (Å²) < 4.78 is 12.5. The lowest BCUT2D eigenvalue weighted by molar-refractivity contribution is -0.147. The van der Waals surface area contributed by atoms with Crippen LogP contribution in [0.3, 0.4) is 0 Å². The molecule has 0 radical (unpaired) electrons. The van der Waals surface area contributed by atoms with Gasteiger partial charge >= 0.3 is 5.97 Å². The summed E-state index contributed by atoms with van der Waals surface area (Å²) in [4.78, 5) is 10.4. The fourth-order valence-electron chi connectivity index (χ4n) is 1.19. The van der Waals surface area contributed by atoms with E-state index in [0.717, 1.165) is 0 Å². The Morgan fingerprint density at radius 2 is 1.93 bits per heavy atom. The zero-order valence-corrected chi connectivity index (χ0v) is 7.93. The Bertz CT molecular complexity index is 339. The molecule has 0 spiro atoms. The molecule has 5 heteroatoms. The van der Waals surface area contributed by atoms with E-state index in [9.17, 15) is 9.18 Å². The molecule has 1 rings (SSSR count). The number of nitrogens with two attached hydrogens (primary N) is 1. The topological polar surface area (TPSA) is 83.5 Å². The number of halogens is 1. The number of aliphatic hydroxyl groups excluding tert-OH is 1. The molecule has 0 unspecified atom stereocenters. The highest BCUT2D eigenvalue weighted by molar-refractivity contribution is 5.72. The van der Waals surface area contributed by atoms with E-state index in [-0.39, 0.29) is 12.2 Å². The van der Waals surface area contributed by atoms with Gasteiger partial charge in [-0.1, -0.05) is 12.1 Å². The first-order chi connectivity index (χ1) is 7.00. The molecule has 0 saturated carbocycles. The standard InChI is InChI=1S/C10H12FNO3/c11-7-3-1-6(2-4-7)5-8(12)9(13)10(14)15/h1-4,8-9,13H,5,12H2,(H,14,15)/t8-,9-/m1/s1. The minimum absolute atomic E-state index is 0.188. The van der Waals surface area contributed by atoms with Crippen molar-refractivity contribution in [2.75, 3.05) is 0 Å². The second kappa shape index (κ2) is 4.86. The summed E-state index contributed by atoms with van der Waals surface area (Å²) in [5, 5.41) is 17.6. The highest BCUT2D eigenvalue weighted by Gasteiger charge is 2.21. The lowest BCUT2D eigenvalue weighted by Crippen LogP contribution is -2.41. The first kappa shape index (κ1) is 11.6. The Hall–Kier alpha value is -1.46. The predicted molar refractivity (Wildman–Crippen MR) is 51.7 cm³/mol. The van der Waals surface area contributed by atoms with Crippen molar-refractivity contribution < 1.29 is 19.4 Å². The van der Waals surface area contributed by atoms with Crippen LogP contribution in [0.15, 0.2) is 24.3 Å². The number of rotatable bonds is 4. The van der Waals surface area contributed by atoms with E-state index in [4.69, 9.17) is 15.9 Å². The van der Waals surface area contributed by atoms with Crippen molar-refractivity contribution in [1.82, 2.24) is 0 Å². The van der Waals surface area contributed by atoms with Crippen LogP contribution in [0, 0.1) is 5.82 Å². The third-order valence-corrected chi connectivity index (χ3v) is 2.04. The molecule has 0 aliphatic heterocycles. The van der Waals surface area contributed by atoms with E-state index in [1.165, 1.54) is 24.3 Å². The van der Waals surface area contributed by atoms with Gasteiger partial charge in [-0.2, -0.15) is 0 Å². The van der Waals surface area contributed by atoms with Crippen LogP contribution in [-0.2, 0) is 11.2 Å². The SMILES string of the molecule is N[C@H](Cc1ccc(F)cc1)[C@@H](O)C(=O)O. The van der Waals surface area contributed by atoms with Crippen LogP contribution in [0.25, 0.3) is 0 Å². The summed E-state index contributed by atoms with van der Waals surface area (Å²) in [6, 6.07) is 4.63. The fraction of sp³-hybridized carbons (Fsp3) is 0.300. The first-order valence-electron chi connectivity index (χ1n) is 4.41. The molecule has 4 nitrogen and oxygen atoms in total. The Morgan fingerprint density at radius 1 is 1.40 bits per heavy atom. The van der Waals surface area contributed by atoms with E-state index in [0.29, 0.717) is 5.56 Å². The van der Waals surface area contributed by atoms with Crippen molar-refractivity contribution in [3.05, 3.63) is 35.6 Å². The van der Waals surface area contributed by atoms with Gasteiger partial charge in [0.05, 0.1) is 0 Å². The number of carboxylic acids is 1. The maximum absolute atomic E-state index is 12.5. The number of hydrogen-bond acceptors (Lipinski definition) is 3. The summed E-state index contributed by atoms with van der Waals surface area (Å²) in [6.07, 6.45) is -1.41. The quantitative estimate of drug-likeness (QED) is 0.664. The molecular weight excluding hydrogens is 201 g/mol. The minimum atomic E-state index is -1.60. The Morgan fingerprint density at radius 3 is 2.40 bits per heavy atom. The highest BCUT2D eigenvalue weighted by Crippen LogP contribution is 2.06. The molecule has 0 aliphatic carbocycles. The number of aliphatic carboxylic acids is 1. The van der Waals surface area contributed by atoms with E-state index >= 15 is 0 Å². The third kappa shape index (κ3) is 3.30. The molecule has 0 aromatic heterocycles. The van der Waals surface area contributed by atoms with E-state index in [1.54, 1.807) is 0 Å². The maximum Gasteiger partial charge on any atom is 0.334 e. The van der Waals surface area contributed by atoms with Crippen LogP contribution in [0.5, 0.6) is 0 Å². The summed E-state index contributed by atoms with van der Waals surface area (Å²) >= 11 is 0. The second-order valence-corrected chi connectivity index (χ2v) is 3.28. The monoisotopic (exact) mass is 213 g/mol. The smallest absolute Gasteiger partial charge is 0.334 e. The highest BCUT2D eigenvalue weighted by atomic mass is 19.1. The Kier molecular flexibility index (Phi) is 3.76. The van der Waals surface area contributed by atoms with Gasteiger partial charge in [0.15, 0.2) is 6.10 Å². The van der Waals surface area contributed by atoms with Gasteiger partial charge < -0.3 is 15.9 Å². The second-order valence-electron chi connectivity index (χ2n) is 3.28. The molecule has 0 fully saturated rings. The summed E-state index contributed by atoms with van der Waals surface area (Å²) in [5.41, 5.74) is 6.15. The van der Waals surface area contributed by atoms with Crippen LogP contribution in [-0.4, -0.2) is 28.3 Å². The Labute approximate surface area is 86.1 Å². The average molecular weight is 213 g/mol. The molecule has 0 bridgehead atoms. The third-order valence-electron chi connectivity index (χ3n) is 2.04. The number of hydrogen-bond donors (Lipinski definition) is 3. The van der Waals surface area contributed by atoms with Crippen LogP contribution in [0.4, 0.5) is 4.39 Å². The molecule has 0 aliphatic rings. The van der Waals surface area contributed by atoms with E-state index < -0.39 is 18.1 Å². The number of benzene rings is 1. The molecule has 1 aromatic carbocycles. The van der Waals surface area contributed by atoms with Gasteiger partial charge in [-0.25, -0.2) is 9.18 Å². The van der Waals surface area contributed by atoms with Crippen LogP contribution in [0.2, 0.25) is 0 Å². The van der Waals surface area contributed by atoms with Gasteiger partial charge in [0.1, 0.15) is 5.82 Å². The van der Waals surface area contributed by atoms with Gasteiger partial charge in [0.25, 0.3) is 0 Å². The van der Waals surface area contributed by atoms with Gasteiger partial charge in [-0.05, 0) is 24.1 Å². The molecule has 0 amide bonds. The lowest BCUT2D eigenvalue weighted by Gasteiger charge is -2.14. The molecule has 1 aromatic rings. The molecule has 15 heavy (non-hydrogen) atoms. The predicted octanol–water partition coefficient (Wildman–Crippen LogP) is 0.141. The van der Waals surface area contributed by atoms with Crippen LogP contribution < -0.4 is 5.73 Å². The van der Waals surface area contributed by atoms with Crippen molar-refractivity contribution >= 4 is 5.97 Å². The number of aliphatic hydroxyl groups is 1. The molecule has 4 N–H and O–H groups in total. The van der Waals surface area contributed by atoms with Crippen molar-refractivity contribution in [1.29, 1.82) is 0 Å². The van der Waals surface area contributed by atoms with Gasteiger partial charge in [0.2, 0.25) is 0 Å². The maximum atomic E-state index is 12.5. The largest absolute Gasteiger partial charge is 0.479 e. The average Bonchev–Trinajstić information content (AvgIpc) is 2.20. The van der Waals surface area contributed by atoms with Crippen LogP contribution >= 0.6 is 0 Å². The summed E-state index contributed by atoms with van der Waals surface area (Å²) in [5.74, 6) is -1.73. The van der Waals surface area contributed by atoms with E-state index in [1.807, 2.05) is 0 Å². The van der Waals surface area contributed by atoms with Gasteiger partial charge in [-0.15, -0.1) is 0 Å². The number of carbonyl (C=O) groups is 1. The molecule has 0 heterocycles. The molecule has 82 valence electrons. The van der Waals surface area contributed by atoms with Gasteiger partial charge in [0, 0.05) is 6.04 Å². The van der Waals surface area contributed by atoms with Crippen molar-refractivity contribution in [2.45, 2.75) is 18.6 Å². The Balaban J connectivity index is 2.62. The minimum Gasteiger partial charge on any atom is -0.479 e. The van der Waals surface area contributed by atoms with E-state index in [2.05, 4.69) is 0 Å². The molecule has 0 saturated heterocycles. The zero-order chi connectivity index (χ0) is 11.4. The first-order valence-corrected chi connectivity index (χ1v) is 4.41. The normalized spacial score (nSPS) is 14.6. The lowest BCUT2D eigenvalue weighted by atomic mass is 10.0. The summed E-state index contributed by atoms with van der Waals surface area (Å²) in [6.45, 7) is 0. The molecule has 2 atom stereocenters. The fourth-order valence-corrected chi connectivity index (χ4v) is 1.19. The van der Waals surface area contributed by atoms with Gasteiger partial charge in [-0.3, -0.25) is 0 Å². The summed E-state index contributed by atoms with van der Waals surface area (Å²) in [7, 11) is 0. The molecular formula is C10H12FNO3. The van der Waals surface area contributed by atoms with Crippen molar-refractivity contribution in [3.8, 4) is 0 Å². The van der Waals surface area contributed by atoms with Crippen molar-refractivity contribution in [2.24, 2.45) is 5.73 Å². The van der Waals surface area contributed by atoms with Crippen molar-refractivity contribution in [3.63, 3.8) is 0 Å². The van der Waals surface area contributed by atoms with Crippen LogP contribution in [0.1, 0.15) is 5.56 Å². The zero-order valence-electron chi connectivity index (χ0n) is 7.93.